The zero-order chi connectivity index (χ0) is 24.8. The van der Waals surface area contributed by atoms with Crippen molar-refractivity contribution in [3.63, 3.8) is 0 Å². The summed E-state index contributed by atoms with van der Waals surface area (Å²) in [6, 6.07) is 21.9. The summed E-state index contributed by atoms with van der Waals surface area (Å²) in [6.07, 6.45) is 3.64. The first kappa shape index (κ1) is 23.0. The van der Waals surface area contributed by atoms with Crippen LogP contribution in [0.1, 0.15) is 34.7 Å². The smallest absolute Gasteiger partial charge is 0.271 e. The fraction of sp³-hybridized carbons (Fsp3) is 0.172. The van der Waals surface area contributed by atoms with E-state index in [9.17, 15) is 4.79 Å². The number of ether oxygens (including phenoxy) is 2. The number of hydrogen-bond acceptors (Lipinski definition) is 5. The fourth-order valence-electron chi connectivity index (χ4n) is 5.15. The van der Waals surface area contributed by atoms with E-state index in [0.29, 0.717) is 15.1 Å². The Morgan fingerprint density at radius 2 is 1.78 bits per heavy atom. The summed E-state index contributed by atoms with van der Waals surface area (Å²) in [6.45, 7) is 0. The minimum absolute atomic E-state index is 0.0675. The quantitative estimate of drug-likeness (QED) is 0.350. The van der Waals surface area contributed by atoms with Gasteiger partial charge < -0.3 is 9.47 Å². The molecule has 0 spiro atoms. The Kier molecular flexibility index (Phi) is 5.90. The van der Waals surface area contributed by atoms with E-state index in [1.54, 1.807) is 14.2 Å². The third-order valence-electron chi connectivity index (χ3n) is 6.78. The van der Waals surface area contributed by atoms with Crippen LogP contribution >= 0.6 is 27.3 Å². The number of aromatic nitrogens is 1. The topological polar surface area (TPSA) is 52.8 Å². The molecule has 36 heavy (non-hydrogen) atoms. The van der Waals surface area contributed by atoms with Gasteiger partial charge in [-0.25, -0.2) is 4.99 Å². The summed E-state index contributed by atoms with van der Waals surface area (Å²) in [5.41, 5.74) is 6.29. The van der Waals surface area contributed by atoms with E-state index in [-0.39, 0.29) is 11.6 Å². The molecule has 0 N–H and O–H groups in total. The fourth-order valence-corrected chi connectivity index (χ4v) is 6.52. The van der Waals surface area contributed by atoms with Crippen molar-refractivity contribution < 1.29 is 9.47 Å². The number of fused-ring (bicyclic) bond motifs is 3. The molecule has 0 amide bonds. The lowest BCUT2D eigenvalue weighted by atomic mass is 9.83. The number of nitrogens with zero attached hydrogens (tertiary/aromatic N) is 2. The van der Waals surface area contributed by atoms with Crippen molar-refractivity contribution in [3.05, 3.63) is 119 Å². The van der Waals surface area contributed by atoms with E-state index in [2.05, 4.69) is 46.3 Å². The van der Waals surface area contributed by atoms with E-state index in [1.165, 1.54) is 16.9 Å². The van der Waals surface area contributed by atoms with Crippen molar-refractivity contribution in [2.45, 2.75) is 18.9 Å². The Morgan fingerprint density at radius 3 is 2.61 bits per heavy atom. The molecule has 0 unspecified atom stereocenters. The lowest BCUT2D eigenvalue weighted by molar-refractivity contribution is 0.402. The van der Waals surface area contributed by atoms with E-state index in [0.717, 1.165) is 51.0 Å². The maximum absolute atomic E-state index is 14.0. The van der Waals surface area contributed by atoms with Gasteiger partial charge >= 0.3 is 0 Å². The maximum atomic E-state index is 14.0. The van der Waals surface area contributed by atoms with E-state index >= 15 is 0 Å². The SMILES string of the molecule is COc1ccc(Br)cc1/C=c1/sc2n(c1=O)[C@@H](c1ccccc1OC)C1=C(N=2)c2ccccc2CC1. The van der Waals surface area contributed by atoms with Gasteiger partial charge in [-0.2, -0.15) is 0 Å². The van der Waals surface area contributed by atoms with Crippen molar-refractivity contribution in [2.24, 2.45) is 4.99 Å². The summed E-state index contributed by atoms with van der Waals surface area (Å²) in [5, 5.41) is 0. The summed E-state index contributed by atoms with van der Waals surface area (Å²) < 4.78 is 14.7. The molecule has 0 radical (unpaired) electrons. The van der Waals surface area contributed by atoms with Crippen LogP contribution in [0.2, 0.25) is 0 Å². The van der Waals surface area contributed by atoms with Crippen LogP contribution in [0.15, 0.2) is 86.6 Å². The normalized spacial score (nSPS) is 16.6. The number of halogens is 1. The average Bonchev–Trinajstić information content (AvgIpc) is 3.22. The third-order valence-corrected chi connectivity index (χ3v) is 8.26. The third kappa shape index (κ3) is 3.74. The summed E-state index contributed by atoms with van der Waals surface area (Å²) in [7, 11) is 3.31. The molecule has 3 aromatic carbocycles. The van der Waals surface area contributed by atoms with Gasteiger partial charge in [0.15, 0.2) is 4.80 Å². The maximum Gasteiger partial charge on any atom is 0.271 e. The number of aryl methyl sites for hydroxylation is 1. The van der Waals surface area contributed by atoms with E-state index < -0.39 is 0 Å². The number of methoxy groups -OCH3 is 2. The Morgan fingerprint density at radius 1 is 1.00 bits per heavy atom. The highest BCUT2D eigenvalue weighted by molar-refractivity contribution is 9.10. The Balaban J connectivity index is 1.65. The van der Waals surface area contributed by atoms with E-state index in [4.69, 9.17) is 14.5 Å². The number of allylic oxidation sites excluding steroid dienone is 1. The van der Waals surface area contributed by atoms with Crippen molar-refractivity contribution in [1.29, 1.82) is 0 Å². The highest BCUT2D eigenvalue weighted by Gasteiger charge is 2.33. The molecule has 1 aromatic heterocycles. The van der Waals surface area contributed by atoms with Crippen molar-refractivity contribution in [2.75, 3.05) is 14.2 Å². The van der Waals surface area contributed by atoms with Gasteiger partial charge in [-0.05, 0) is 54.3 Å². The molecule has 0 bridgehead atoms. The van der Waals surface area contributed by atoms with Crippen LogP contribution in [-0.2, 0) is 6.42 Å². The second-order valence-electron chi connectivity index (χ2n) is 8.74. The molecule has 0 fully saturated rings. The molecular formula is C29H23BrN2O3S. The lowest BCUT2D eigenvalue weighted by Gasteiger charge is -2.31. The molecule has 1 atom stereocenters. The Bertz CT molecular complexity index is 1720. The van der Waals surface area contributed by atoms with Gasteiger partial charge in [0.2, 0.25) is 0 Å². The molecule has 2 aliphatic rings. The number of thiazole rings is 1. The van der Waals surface area contributed by atoms with Gasteiger partial charge in [-0.1, -0.05) is 69.7 Å². The summed E-state index contributed by atoms with van der Waals surface area (Å²) in [4.78, 5) is 19.7. The van der Waals surface area contributed by atoms with Gasteiger partial charge in [0.1, 0.15) is 11.5 Å². The molecular weight excluding hydrogens is 536 g/mol. The van der Waals surface area contributed by atoms with Gasteiger partial charge in [0.05, 0.1) is 30.5 Å². The number of hydrogen-bond donors (Lipinski definition) is 0. The van der Waals surface area contributed by atoms with E-state index in [1.807, 2.05) is 47.0 Å². The minimum Gasteiger partial charge on any atom is -0.496 e. The molecule has 7 heteroatoms. The van der Waals surface area contributed by atoms with Crippen LogP contribution < -0.4 is 24.4 Å². The van der Waals surface area contributed by atoms with Crippen LogP contribution in [0, 0.1) is 0 Å². The van der Waals surface area contributed by atoms with Crippen LogP contribution in [0.4, 0.5) is 0 Å². The van der Waals surface area contributed by atoms with Gasteiger partial charge in [-0.3, -0.25) is 9.36 Å². The highest BCUT2D eigenvalue weighted by Crippen LogP contribution is 2.43. The molecule has 0 saturated carbocycles. The van der Waals surface area contributed by atoms with Gasteiger partial charge in [0, 0.05) is 21.2 Å². The summed E-state index contributed by atoms with van der Waals surface area (Å²) in [5.74, 6) is 1.47. The first-order chi connectivity index (χ1) is 17.6. The lowest BCUT2D eigenvalue weighted by Crippen LogP contribution is -2.39. The average molecular weight is 559 g/mol. The molecule has 0 saturated heterocycles. The molecule has 2 heterocycles. The van der Waals surface area contributed by atoms with Gasteiger partial charge in [0.25, 0.3) is 5.56 Å². The summed E-state index contributed by atoms with van der Waals surface area (Å²) >= 11 is 4.94. The molecule has 1 aliphatic carbocycles. The zero-order valence-electron chi connectivity index (χ0n) is 19.8. The number of rotatable bonds is 4. The molecule has 1 aliphatic heterocycles. The standard InChI is InChI=1S/C29H23BrN2O3S/c1-34-23-14-12-19(30)15-18(23)16-25-28(33)32-27(21-9-5-6-10-24(21)35-2)22-13-11-17-7-3-4-8-20(17)26(22)31-29(32)36-25/h3-10,12,14-16,27H,11,13H2,1-2H3/b25-16+/t27-/m0/s1. The zero-order valence-corrected chi connectivity index (χ0v) is 22.2. The highest BCUT2D eigenvalue weighted by atomic mass is 79.9. The Hall–Kier alpha value is -3.42. The minimum atomic E-state index is -0.285. The predicted octanol–water partition coefficient (Wildman–Crippen LogP) is 5.10. The number of benzene rings is 3. The molecule has 6 rings (SSSR count). The predicted molar refractivity (Wildman–Crippen MR) is 146 cm³/mol. The van der Waals surface area contributed by atoms with Crippen LogP contribution in [0.5, 0.6) is 11.5 Å². The van der Waals surface area contributed by atoms with Crippen molar-refractivity contribution >= 4 is 39.0 Å². The largest absolute Gasteiger partial charge is 0.496 e. The Labute approximate surface area is 220 Å². The first-order valence-corrected chi connectivity index (χ1v) is 13.3. The second kappa shape index (κ2) is 9.22. The van der Waals surface area contributed by atoms with Crippen LogP contribution in [-0.4, -0.2) is 18.8 Å². The molecule has 4 aromatic rings. The second-order valence-corrected chi connectivity index (χ2v) is 10.7. The van der Waals surface area contributed by atoms with Crippen LogP contribution in [0.25, 0.3) is 11.8 Å². The van der Waals surface area contributed by atoms with Crippen LogP contribution in [0.3, 0.4) is 0 Å². The monoisotopic (exact) mass is 558 g/mol. The van der Waals surface area contributed by atoms with Gasteiger partial charge in [-0.15, -0.1) is 0 Å². The number of para-hydroxylation sites is 1. The van der Waals surface area contributed by atoms with Crippen molar-refractivity contribution in [1.82, 2.24) is 4.57 Å². The van der Waals surface area contributed by atoms with Crippen molar-refractivity contribution in [3.8, 4) is 11.5 Å². The molecule has 5 nitrogen and oxygen atoms in total. The molecule has 180 valence electrons. The first-order valence-electron chi connectivity index (χ1n) is 11.7.